The third-order valence-corrected chi connectivity index (χ3v) is 3.83. The summed E-state index contributed by atoms with van der Waals surface area (Å²) < 4.78 is 0. The van der Waals surface area contributed by atoms with Crippen molar-refractivity contribution in [3.63, 3.8) is 0 Å². The fourth-order valence-electron chi connectivity index (χ4n) is 2.72. The molecule has 0 aliphatic carbocycles. The summed E-state index contributed by atoms with van der Waals surface area (Å²) in [5, 5.41) is 3.43. The minimum Gasteiger partial charge on any atom is -0.399 e. The van der Waals surface area contributed by atoms with Crippen LogP contribution in [-0.4, -0.2) is 30.4 Å². The summed E-state index contributed by atoms with van der Waals surface area (Å²) in [5.74, 6) is 0.206. The quantitative estimate of drug-likeness (QED) is 0.811. The van der Waals surface area contributed by atoms with Gasteiger partial charge in [-0.2, -0.15) is 0 Å². The van der Waals surface area contributed by atoms with Crippen LogP contribution in [0.1, 0.15) is 37.4 Å². The molecule has 0 saturated heterocycles. The average Bonchev–Trinajstić information content (AvgIpc) is 2.41. The minimum absolute atomic E-state index is 0.0975. The highest BCUT2D eigenvalue weighted by atomic mass is 16.2. The Balaban J connectivity index is 2.15. The standard InChI is InChI=1S/C15H23N3O/c1-3-18(4-2)15(19)10-14-13-9-12(16)6-5-11(13)7-8-17-14/h5-6,9,14,17H,3-4,7-8,10,16H2,1-2H3. The summed E-state index contributed by atoms with van der Waals surface area (Å²) in [6.45, 7) is 6.49. The predicted molar refractivity (Wildman–Crippen MR) is 77.8 cm³/mol. The van der Waals surface area contributed by atoms with Crippen molar-refractivity contribution in [1.82, 2.24) is 10.2 Å². The van der Waals surface area contributed by atoms with Crippen LogP contribution in [-0.2, 0) is 11.2 Å². The van der Waals surface area contributed by atoms with Crippen LogP contribution >= 0.6 is 0 Å². The van der Waals surface area contributed by atoms with Crippen molar-refractivity contribution >= 4 is 11.6 Å². The zero-order valence-corrected chi connectivity index (χ0v) is 11.8. The lowest BCUT2D eigenvalue weighted by Gasteiger charge is -2.29. The van der Waals surface area contributed by atoms with E-state index in [-0.39, 0.29) is 11.9 Å². The van der Waals surface area contributed by atoms with E-state index < -0.39 is 0 Å². The second kappa shape index (κ2) is 6.06. The van der Waals surface area contributed by atoms with Crippen molar-refractivity contribution in [3.8, 4) is 0 Å². The number of carbonyl (C=O) groups excluding carboxylic acids is 1. The summed E-state index contributed by atoms with van der Waals surface area (Å²) in [7, 11) is 0. The first-order valence-electron chi connectivity index (χ1n) is 7.05. The van der Waals surface area contributed by atoms with Crippen molar-refractivity contribution in [2.45, 2.75) is 32.7 Å². The van der Waals surface area contributed by atoms with Gasteiger partial charge in [-0.3, -0.25) is 4.79 Å². The molecule has 1 heterocycles. The normalized spacial score (nSPS) is 17.9. The van der Waals surface area contributed by atoms with Gasteiger partial charge in [-0.1, -0.05) is 6.07 Å². The molecule has 4 heteroatoms. The zero-order chi connectivity index (χ0) is 13.8. The highest BCUT2D eigenvalue weighted by Crippen LogP contribution is 2.27. The molecule has 0 fully saturated rings. The molecule has 1 atom stereocenters. The first kappa shape index (κ1) is 13.9. The molecule has 0 spiro atoms. The van der Waals surface area contributed by atoms with Crippen LogP contribution in [0.15, 0.2) is 18.2 Å². The van der Waals surface area contributed by atoms with Gasteiger partial charge in [0, 0.05) is 31.2 Å². The number of hydrogen-bond donors (Lipinski definition) is 2. The van der Waals surface area contributed by atoms with Gasteiger partial charge in [0.15, 0.2) is 0 Å². The van der Waals surface area contributed by atoms with E-state index >= 15 is 0 Å². The molecular weight excluding hydrogens is 238 g/mol. The van der Waals surface area contributed by atoms with Crippen molar-refractivity contribution < 1.29 is 4.79 Å². The minimum atomic E-state index is 0.0975. The Morgan fingerprint density at radius 2 is 2.16 bits per heavy atom. The van der Waals surface area contributed by atoms with E-state index in [1.807, 2.05) is 30.9 Å². The topological polar surface area (TPSA) is 58.4 Å². The molecule has 0 aromatic heterocycles. The van der Waals surface area contributed by atoms with E-state index in [0.717, 1.165) is 31.7 Å². The number of nitrogen functional groups attached to an aromatic ring is 1. The number of nitrogens with two attached hydrogens (primary N) is 1. The maximum atomic E-state index is 12.2. The molecule has 104 valence electrons. The van der Waals surface area contributed by atoms with E-state index in [2.05, 4.69) is 11.4 Å². The van der Waals surface area contributed by atoms with Crippen molar-refractivity contribution in [1.29, 1.82) is 0 Å². The van der Waals surface area contributed by atoms with E-state index in [4.69, 9.17) is 5.73 Å². The highest BCUT2D eigenvalue weighted by molar-refractivity contribution is 5.77. The molecule has 1 aromatic rings. The summed E-state index contributed by atoms with van der Waals surface area (Å²) in [6, 6.07) is 6.12. The number of rotatable bonds is 4. The van der Waals surface area contributed by atoms with Gasteiger partial charge >= 0.3 is 0 Å². The van der Waals surface area contributed by atoms with Gasteiger partial charge in [-0.05, 0) is 50.1 Å². The first-order valence-corrected chi connectivity index (χ1v) is 7.05. The summed E-state index contributed by atoms with van der Waals surface area (Å²) in [4.78, 5) is 14.1. The molecule has 1 amide bonds. The van der Waals surface area contributed by atoms with E-state index in [0.29, 0.717) is 6.42 Å². The molecule has 0 radical (unpaired) electrons. The van der Waals surface area contributed by atoms with Crippen LogP contribution in [0.2, 0.25) is 0 Å². The second-order valence-electron chi connectivity index (χ2n) is 4.99. The Kier molecular flexibility index (Phi) is 4.43. The SMILES string of the molecule is CCN(CC)C(=O)CC1NCCc2ccc(N)cc21. The monoisotopic (exact) mass is 261 g/mol. The van der Waals surface area contributed by atoms with Gasteiger partial charge < -0.3 is 16.0 Å². The number of nitrogens with one attached hydrogen (secondary N) is 1. The molecular formula is C15H23N3O. The molecule has 0 bridgehead atoms. The van der Waals surface area contributed by atoms with Gasteiger partial charge in [0.2, 0.25) is 5.91 Å². The molecule has 4 nitrogen and oxygen atoms in total. The second-order valence-corrected chi connectivity index (χ2v) is 4.99. The van der Waals surface area contributed by atoms with E-state index in [9.17, 15) is 4.79 Å². The number of hydrogen-bond acceptors (Lipinski definition) is 3. The number of nitrogens with zero attached hydrogens (tertiary/aromatic N) is 1. The van der Waals surface area contributed by atoms with Gasteiger partial charge in [0.1, 0.15) is 0 Å². The van der Waals surface area contributed by atoms with Gasteiger partial charge in [0.25, 0.3) is 0 Å². The van der Waals surface area contributed by atoms with Crippen LogP contribution in [0, 0.1) is 0 Å². The largest absolute Gasteiger partial charge is 0.399 e. The van der Waals surface area contributed by atoms with Gasteiger partial charge in [0.05, 0.1) is 0 Å². The van der Waals surface area contributed by atoms with E-state index in [1.54, 1.807) is 0 Å². The van der Waals surface area contributed by atoms with Gasteiger partial charge in [-0.25, -0.2) is 0 Å². The number of fused-ring (bicyclic) bond motifs is 1. The van der Waals surface area contributed by atoms with Crippen LogP contribution < -0.4 is 11.1 Å². The highest BCUT2D eigenvalue weighted by Gasteiger charge is 2.23. The Labute approximate surface area is 115 Å². The number of amides is 1. The van der Waals surface area contributed by atoms with Crippen LogP contribution in [0.3, 0.4) is 0 Å². The molecule has 19 heavy (non-hydrogen) atoms. The average molecular weight is 261 g/mol. The summed E-state index contributed by atoms with van der Waals surface area (Å²) in [6.07, 6.45) is 1.52. The zero-order valence-electron chi connectivity index (χ0n) is 11.8. The maximum Gasteiger partial charge on any atom is 0.224 e. The lowest BCUT2D eigenvalue weighted by molar-refractivity contribution is -0.131. The molecule has 1 aliphatic heterocycles. The number of benzene rings is 1. The molecule has 1 aliphatic rings. The van der Waals surface area contributed by atoms with Crippen LogP contribution in [0.25, 0.3) is 0 Å². The summed E-state index contributed by atoms with van der Waals surface area (Å²) in [5.41, 5.74) is 9.13. The smallest absolute Gasteiger partial charge is 0.224 e. The molecule has 1 aromatic carbocycles. The van der Waals surface area contributed by atoms with Gasteiger partial charge in [-0.15, -0.1) is 0 Å². The fourth-order valence-corrected chi connectivity index (χ4v) is 2.72. The lowest BCUT2D eigenvalue weighted by Crippen LogP contribution is -2.37. The van der Waals surface area contributed by atoms with E-state index in [1.165, 1.54) is 11.1 Å². The Hall–Kier alpha value is -1.55. The number of carbonyl (C=O) groups is 1. The molecule has 1 unspecified atom stereocenters. The summed E-state index contributed by atoms with van der Waals surface area (Å²) >= 11 is 0. The molecule has 3 N–H and O–H groups in total. The Morgan fingerprint density at radius 1 is 1.42 bits per heavy atom. The molecule has 0 saturated carbocycles. The number of anilines is 1. The van der Waals surface area contributed by atoms with Crippen LogP contribution in [0.4, 0.5) is 5.69 Å². The Morgan fingerprint density at radius 3 is 2.84 bits per heavy atom. The Bertz CT molecular complexity index is 455. The molecule has 2 rings (SSSR count). The lowest BCUT2D eigenvalue weighted by atomic mass is 9.91. The maximum absolute atomic E-state index is 12.2. The van der Waals surface area contributed by atoms with Crippen molar-refractivity contribution in [2.24, 2.45) is 0 Å². The van der Waals surface area contributed by atoms with Crippen LogP contribution in [0.5, 0.6) is 0 Å². The third kappa shape index (κ3) is 3.07. The first-order chi connectivity index (χ1) is 9.15. The van der Waals surface area contributed by atoms with Crippen molar-refractivity contribution in [3.05, 3.63) is 29.3 Å². The predicted octanol–water partition coefficient (Wildman–Crippen LogP) is 1.71. The third-order valence-electron chi connectivity index (χ3n) is 3.83. The fraction of sp³-hybridized carbons (Fsp3) is 0.533. The van der Waals surface area contributed by atoms with Crippen molar-refractivity contribution in [2.75, 3.05) is 25.4 Å².